The van der Waals surface area contributed by atoms with E-state index in [2.05, 4.69) is 15.3 Å². The quantitative estimate of drug-likeness (QED) is 0.800. The molecule has 3 aromatic rings. The maximum Gasteiger partial charge on any atom is 0.257 e. The third kappa shape index (κ3) is 2.98. The van der Waals surface area contributed by atoms with Crippen LogP contribution >= 0.6 is 11.3 Å². The van der Waals surface area contributed by atoms with Gasteiger partial charge in [0.1, 0.15) is 0 Å². The molecule has 3 rings (SSSR count). The zero-order chi connectivity index (χ0) is 14.7. The number of aromatic nitrogens is 2. The highest BCUT2D eigenvalue weighted by Crippen LogP contribution is 2.30. The number of benzene rings is 1. The first-order valence-electron chi connectivity index (χ1n) is 6.48. The van der Waals surface area contributed by atoms with Gasteiger partial charge in [-0.1, -0.05) is 30.3 Å². The first-order chi connectivity index (χ1) is 10.2. The third-order valence-electron chi connectivity index (χ3n) is 3.01. The predicted octanol–water partition coefficient (Wildman–Crippen LogP) is 3.77. The molecule has 0 aliphatic carbocycles. The molecule has 1 aromatic carbocycles. The van der Waals surface area contributed by atoms with E-state index >= 15 is 0 Å². The molecule has 0 atom stereocenters. The number of pyridine rings is 1. The number of anilines is 1. The van der Waals surface area contributed by atoms with Crippen molar-refractivity contribution in [3.05, 3.63) is 65.3 Å². The van der Waals surface area contributed by atoms with E-state index in [0.29, 0.717) is 10.7 Å². The second-order valence-corrected chi connectivity index (χ2v) is 5.68. The number of amides is 1. The van der Waals surface area contributed by atoms with Crippen molar-refractivity contribution in [2.75, 3.05) is 5.32 Å². The van der Waals surface area contributed by atoms with Crippen molar-refractivity contribution in [1.29, 1.82) is 0 Å². The molecule has 0 spiro atoms. The molecule has 21 heavy (non-hydrogen) atoms. The number of carbonyl (C=O) groups excluding carboxylic acids is 1. The largest absolute Gasteiger partial charge is 0.298 e. The fourth-order valence-electron chi connectivity index (χ4n) is 1.99. The SMILES string of the molecule is Cc1sc(NC(=O)c2ccncc2)nc1-c1ccccc1. The lowest BCUT2D eigenvalue weighted by Crippen LogP contribution is -2.11. The fraction of sp³-hybridized carbons (Fsp3) is 0.0625. The summed E-state index contributed by atoms with van der Waals surface area (Å²) in [4.78, 5) is 21.6. The van der Waals surface area contributed by atoms with Crippen molar-refractivity contribution in [3.8, 4) is 11.3 Å². The summed E-state index contributed by atoms with van der Waals surface area (Å²) in [7, 11) is 0. The fourth-order valence-corrected chi connectivity index (χ4v) is 2.82. The monoisotopic (exact) mass is 295 g/mol. The Labute approximate surface area is 126 Å². The van der Waals surface area contributed by atoms with E-state index in [1.165, 1.54) is 11.3 Å². The molecule has 4 nitrogen and oxygen atoms in total. The molecule has 1 amide bonds. The maximum absolute atomic E-state index is 12.1. The minimum atomic E-state index is -0.175. The molecular weight excluding hydrogens is 282 g/mol. The van der Waals surface area contributed by atoms with Crippen molar-refractivity contribution in [3.63, 3.8) is 0 Å². The Morgan fingerprint density at radius 3 is 2.52 bits per heavy atom. The van der Waals surface area contributed by atoms with Crippen LogP contribution in [0.15, 0.2) is 54.9 Å². The number of nitrogens with one attached hydrogen (secondary N) is 1. The van der Waals surface area contributed by atoms with Crippen LogP contribution in [-0.2, 0) is 0 Å². The van der Waals surface area contributed by atoms with Crippen molar-refractivity contribution < 1.29 is 4.79 Å². The van der Waals surface area contributed by atoms with Crippen molar-refractivity contribution >= 4 is 22.4 Å². The van der Waals surface area contributed by atoms with Crippen LogP contribution in [0.1, 0.15) is 15.2 Å². The summed E-state index contributed by atoms with van der Waals surface area (Å²) in [5.74, 6) is -0.175. The van der Waals surface area contributed by atoms with Gasteiger partial charge in [0.25, 0.3) is 5.91 Å². The molecule has 5 heteroatoms. The second kappa shape index (κ2) is 5.85. The molecular formula is C16H13N3OS. The summed E-state index contributed by atoms with van der Waals surface area (Å²) in [6.07, 6.45) is 3.19. The van der Waals surface area contributed by atoms with Gasteiger partial charge in [0.2, 0.25) is 0 Å². The molecule has 0 aliphatic heterocycles. The zero-order valence-corrected chi connectivity index (χ0v) is 12.2. The van der Waals surface area contributed by atoms with Gasteiger partial charge in [-0.15, -0.1) is 11.3 Å². The van der Waals surface area contributed by atoms with Gasteiger partial charge >= 0.3 is 0 Å². The second-order valence-electron chi connectivity index (χ2n) is 4.48. The molecule has 2 aromatic heterocycles. The van der Waals surface area contributed by atoms with Gasteiger partial charge in [-0.25, -0.2) is 4.98 Å². The zero-order valence-electron chi connectivity index (χ0n) is 11.4. The molecule has 0 bridgehead atoms. The summed E-state index contributed by atoms with van der Waals surface area (Å²) >= 11 is 1.47. The Kier molecular flexibility index (Phi) is 3.75. The summed E-state index contributed by atoms with van der Waals surface area (Å²) in [5.41, 5.74) is 2.53. The van der Waals surface area contributed by atoms with E-state index in [1.54, 1.807) is 24.5 Å². The average Bonchev–Trinajstić information content (AvgIpc) is 2.89. The summed E-state index contributed by atoms with van der Waals surface area (Å²) < 4.78 is 0. The van der Waals surface area contributed by atoms with E-state index in [1.807, 2.05) is 37.3 Å². The lowest BCUT2D eigenvalue weighted by atomic mass is 10.1. The van der Waals surface area contributed by atoms with Crippen LogP contribution in [0.2, 0.25) is 0 Å². The topological polar surface area (TPSA) is 54.9 Å². The van der Waals surface area contributed by atoms with E-state index in [9.17, 15) is 4.79 Å². The Morgan fingerprint density at radius 1 is 1.10 bits per heavy atom. The lowest BCUT2D eigenvalue weighted by molar-refractivity contribution is 0.102. The highest BCUT2D eigenvalue weighted by atomic mass is 32.1. The summed E-state index contributed by atoms with van der Waals surface area (Å²) in [6, 6.07) is 13.3. The molecule has 0 aliphatic rings. The molecule has 0 fully saturated rings. The number of aryl methyl sites for hydroxylation is 1. The molecule has 0 saturated carbocycles. The van der Waals surface area contributed by atoms with Crippen molar-refractivity contribution in [1.82, 2.24) is 9.97 Å². The minimum Gasteiger partial charge on any atom is -0.298 e. The van der Waals surface area contributed by atoms with E-state index < -0.39 is 0 Å². The van der Waals surface area contributed by atoms with Gasteiger partial charge in [0, 0.05) is 28.4 Å². The predicted molar refractivity (Wildman–Crippen MR) is 84.5 cm³/mol. The van der Waals surface area contributed by atoms with Gasteiger partial charge < -0.3 is 0 Å². The van der Waals surface area contributed by atoms with Crippen molar-refractivity contribution in [2.45, 2.75) is 6.92 Å². The van der Waals surface area contributed by atoms with Gasteiger partial charge in [-0.3, -0.25) is 15.1 Å². The normalized spacial score (nSPS) is 10.3. The van der Waals surface area contributed by atoms with Crippen LogP contribution in [0, 0.1) is 6.92 Å². The van der Waals surface area contributed by atoms with Crippen LogP contribution in [0.4, 0.5) is 5.13 Å². The summed E-state index contributed by atoms with van der Waals surface area (Å²) in [6.45, 7) is 2.00. The summed E-state index contributed by atoms with van der Waals surface area (Å²) in [5, 5.41) is 3.43. The van der Waals surface area contributed by atoms with Crippen LogP contribution in [0.3, 0.4) is 0 Å². The molecule has 0 unspecified atom stereocenters. The number of hydrogen-bond acceptors (Lipinski definition) is 4. The first-order valence-corrected chi connectivity index (χ1v) is 7.30. The Bertz CT molecular complexity index is 754. The van der Waals surface area contributed by atoms with E-state index in [-0.39, 0.29) is 5.91 Å². The number of hydrogen-bond donors (Lipinski definition) is 1. The minimum absolute atomic E-state index is 0.175. The van der Waals surface area contributed by atoms with Gasteiger partial charge in [-0.2, -0.15) is 0 Å². The van der Waals surface area contributed by atoms with Crippen LogP contribution in [0.5, 0.6) is 0 Å². The average molecular weight is 295 g/mol. The Balaban J connectivity index is 1.84. The molecule has 0 saturated heterocycles. The molecule has 2 heterocycles. The Morgan fingerprint density at radius 2 is 1.81 bits per heavy atom. The standard InChI is InChI=1S/C16H13N3OS/c1-11-14(12-5-3-2-4-6-12)18-16(21-11)19-15(20)13-7-9-17-10-8-13/h2-10H,1H3,(H,18,19,20). The van der Waals surface area contributed by atoms with E-state index in [0.717, 1.165) is 16.1 Å². The Hall–Kier alpha value is -2.53. The van der Waals surface area contributed by atoms with Gasteiger partial charge in [-0.05, 0) is 19.1 Å². The highest BCUT2D eigenvalue weighted by Gasteiger charge is 2.12. The van der Waals surface area contributed by atoms with Gasteiger partial charge in [0.05, 0.1) is 5.69 Å². The van der Waals surface area contributed by atoms with Gasteiger partial charge in [0.15, 0.2) is 5.13 Å². The number of rotatable bonds is 3. The van der Waals surface area contributed by atoms with Crippen LogP contribution in [-0.4, -0.2) is 15.9 Å². The molecule has 104 valence electrons. The molecule has 0 radical (unpaired) electrons. The van der Waals surface area contributed by atoms with Crippen molar-refractivity contribution in [2.24, 2.45) is 0 Å². The van der Waals surface area contributed by atoms with E-state index in [4.69, 9.17) is 0 Å². The number of nitrogens with zero attached hydrogens (tertiary/aromatic N) is 2. The highest BCUT2D eigenvalue weighted by molar-refractivity contribution is 7.16. The lowest BCUT2D eigenvalue weighted by Gasteiger charge is -2.00. The van der Waals surface area contributed by atoms with Crippen LogP contribution < -0.4 is 5.32 Å². The maximum atomic E-state index is 12.1. The third-order valence-corrected chi connectivity index (χ3v) is 3.89. The first kappa shape index (κ1) is 13.5. The smallest absolute Gasteiger partial charge is 0.257 e. The number of thiazole rings is 1. The molecule has 1 N–H and O–H groups in total. The van der Waals surface area contributed by atoms with Crippen LogP contribution in [0.25, 0.3) is 11.3 Å². The number of carbonyl (C=O) groups is 1.